The number of ether oxygens (including phenoxy) is 2. The lowest BCUT2D eigenvalue weighted by Crippen LogP contribution is -2.06. The number of hydrogen-bond donors (Lipinski definition) is 0. The SMILES string of the molecule is COC(=O)c1cc(Br)c2nc(C3=CCOCC3)cnc2c1. The number of halogens is 1. The topological polar surface area (TPSA) is 61.3 Å². The summed E-state index contributed by atoms with van der Waals surface area (Å²) in [6.45, 7) is 1.31. The minimum absolute atomic E-state index is 0.393. The largest absolute Gasteiger partial charge is 0.465 e. The molecule has 0 N–H and O–H groups in total. The van der Waals surface area contributed by atoms with Gasteiger partial charge in [-0.1, -0.05) is 6.08 Å². The van der Waals surface area contributed by atoms with E-state index in [9.17, 15) is 4.79 Å². The van der Waals surface area contributed by atoms with E-state index in [-0.39, 0.29) is 0 Å². The molecule has 0 saturated heterocycles. The van der Waals surface area contributed by atoms with E-state index in [4.69, 9.17) is 9.47 Å². The minimum atomic E-state index is -0.393. The Bertz CT molecular complexity index is 743. The third-order valence-electron chi connectivity index (χ3n) is 3.31. The molecule has 2 heterocycles. The van der Waals surface area contributed by atoms with Crippen LogP contribution in [0.2, 0.25) is 0 Å². The number of esters is 1. The van der Waals surface area contributed by atoms with Gasteiger partial charge in [0.2, 0.25) is 0 Å². The molecule has 5 nitrogen and oxygen atoms in total. The van der Waals surface area contributed by atoms with Crippen molar-refractivity contribution < 1.29 is 14.3 Å². The first-order valence-corrected chi connectivity index (χ1v) is 7.30. The molecule has 1 aromatic heterocycles. The van der Waals surface area contributed by atoms with Gasteiger partial charge in [-0.3, -0.25) is 4.98 Å². The second kappa shape index (κ2) is 5.91. The van der Waals surface area contributed by atoms with Crippen LogP contribution >= 0.6 is 15.9 Å². The zero-order chi connectivity index (χ0) is 14.8. The average molecular weight is 349 g/mol. The van der Waals surface area contributed by atoms with Crippen molar-refractivity contribution in [3.8, 4) is 0 Å². The number of methoxy groups -OCH3 is 1. The van der Waals surface area contributed by atoms with Crippen LogP contribution in [0, 0.1) is 0 Å². The molecule has 0 bridgehead atoms. The van der Waals surface area contributed by atoms with Gasteiger partial charge in [-0.25, -0.2) is 9.78 Å². The normalized spacial score (nSPS) is 14.9. The maximum Gasteiger partial charge on any atom is 0.337 e. The standard InChI is InChI=1S/C15H13BrN2O3/c1-20-15(19)10-6-11(16)14-12(7-10)17-8-13(18-14)9-2-4-21-5-3-9/h2,6-8H,3-5H2,1H3. The van der Waals surface area contributed by atoms with Crippen LogP contribution in [-0.2, 0) is 9.47 Å². The van der Waals surface area contributed by atoms with E-state index in [1.54, 1.807) is 18.3 Å². The van der Waals surface area contributed by atoms with E-state index < -0.39 is 5.97 Å². The highest BCUT2D eigenvalue weighted by Crippen LogP contribution is 2.26. The van der Waals surface area contributed by atoms with Gasteiger partial charge in [-0.15, -0.1) is 0 Å². The Morgan fingerprint density at radius 3 is 3.00 bits per heavy atom. The number of carbonyl (C=O) groups excluding carboxylic acids is 1. The molecule has 0 aliphatic carbocycles. The molecular weight excluding hydrogens is 336 g/mol. The summed E-state index contributed by atoms with van der Waals surface area (Å²) in [5, 5.41) is 0. The van der Waals surface area contributed by atoms with Crippen LogP contribution in [0.5, 0.6) is 0 Å². The summed E-state index contributed by atoms with van der Waals surface area (Å²) >= 11 is 3.45. The second-order valence-corrected chi connectivity index (χ2v) is 5.48. The summed E-state index contributed by atoms with van der Waals surface area (Å²) in [4.78, 5) is 20.7. The van der Waals surface area contributed by atoms with Crippen molar-refractivity contribution in [2.24, 2.45) is 0 Å². The Hall–Kier alpha value is -1.79. The maximum atomic E-state index is 11.6. The molecule has 6 heteroatoms. The van der Waals surface area contributed by atoms with E-state index in [1.165, 1.54) is 7.11 Å². The van der Waals surface area contributed by atoms with Gasteiger partial charge < -0.3 is 9.47 Å². The van der Waals surface area contributed by atoms with Gasteiger partial charge in [0, 0.05) is 4.47 Å². The smallest absolute Gasteiger partial charge is 0.337 e. The van der Waals surface area contributed by atoms with Gasteiger partial charge in [0.05, 0.1) is 43.3 Å². The number of fused-ring (bicyclic) bond motifs is 1. The Morgan fingerprint density at radius 2 is 2.29 bits per heavy atom. The van der Waals surface area contributed by atoms with Crippen molar-refractivity contribution in [3.05, 3.63) is 40.1 Å². The fourth-order valence-electron chi connectivity index (χ4n) is 2.22. The minimum Gasteiger partial charge on any atom is -0.465 e. The average Bonchev–Trinajstić information content (AvgIpc) is 2.54. The van der Waals surface area contributed by atoms with Crippen LogP contribution in [0.3, 0.4) is 0 Å². The fraction of sp³-hybridized carbons (Fsp3) is 0.267. The maximum absolute atomic E-state index is 11.6. The zero-order valence-corrected chi connectivity index (χ0v) is 13.0. The van der Waals surface area contributed by atoms with Crippen LogP contribution < -0.4 is 0 Å². The Labute approximate surface area is 130 Å². The molecule has 0 saturated carbocycles. The summed E-state index contributed by atoms with van der Waals surface area (Å²) in [5.41, 5.74) is 3.81. The van der Waals surface area contributed by atoms with E-state index in [2.05, 4.69) is 25.9 Å². The number of hydrogen-bond acceptors (Lipinski definition) is 5. The Balaban J connectivity index is 2.08. The zero-order valence-electron chi connectivity index (χ0n) is 11.4. The van der Waals surface area contributed by atoms with Gasteiger partial charge in [0.25, 0.3) is 0 Å². The summed E-state index contributed by atoms with van der Waals surface area (Å²) in [7, 11) is 1.35. The van der Waals surface area contributed by atoms with Crippen molar-refractivity contribution in [3.63, 3.8) is 0 Å². The van der Waals surface area contributed by atoms with Crippen LogP contribution in [0.15, 0.2) is 28.9 Å². The Kier molecular flexibility index (Phi) is 3.98. The van der Waals surface area contributed by atoms with Gasteiger partial charge in [0.15, 0.2) is 0 Å². The van der Waals surface area contributed by atoms with Gasteiger partial charge in [-0.2, -0.15) is 0 Å². The van der Waals surface area contributed by atoms with Crippen molar-refractivity contribution in [1.82, 2.24) is 9.97 Å². The molecule has 1 aliphatic heterocycles. The lowest BCUT2D eigenvalue weighted by molar-refractivity contribution is 0.0601. The van der Waals surface area contributed by atoms with E-state index in [0.717, 1.165) is 27.7 Å². The highest BCUT2D eigenvalue weighted by atomic mass is 79.9. The third kappa shape index (κ3) is 2.82. The Morgan fingerprint density at radius 1 is 1.43 bits per heavy atom. The van der Waals surface area contributed by atoms with E-state index in [1.807, 2.05) is 6.08 Å². The number of benzene rings is 1. The lowest BCUT2D eigenvalue weighted by atomic mass is 10.1. The summed E-state index contributed by atoms with van der Waals surface area (Å²) in [6.07, 6.45) is 4.58. The number of nitrogens with zero attached hydrogens (tertiary/aromatic N) is 2. The highest BCUT2D eigenvalue weighted by molar-refractivity contribution is 9.10. The number of rotatable bonds is 2. The van der Waals surface area contributed by atoms with Gasteiger partial charge >= 0.3 is 5.97 Å². The molecule has 0 amide bonds. The van der Waals surface area contributed by atoms with Crippen molar-refractivity contribution in [2.75, 3.05) is 20.3 Å². The molecule has 1 aromatic carbocycles. The first kappa shape index (κ1) is 14.2. The van der Waals surface area contributed by atoms with Crippen LogP contribution in [0.25, 0.3) is 16.6 Å². The quantitative estimate of drug-likeness (QED) is 0.780. The first-order valence-electron chi connectivity index (χ1n) is 6.51. The predicted molar refractivity (Wildman–Crippen MR) is 82.0 cm³/mol. The van der Waals surface area contributed by atoms with Crippen LogP contribution in [0.1, 0.15) is 22.5 Å². The molecule has 3 rings (SSSR count). The monoisotopic (exact) mass is 348 g/mol. The molecule has 0 unspecified atom stereocenters. The van der Waals surface area contributed by atoms with E-state index in [0.29, 0.717) is 24.3 Å². The molecule has 21 heavy (non-hydrogen) atoms. The second-order valence-electron chi connectivity index (χ2n) is 4.63. The van der Waals surface area contributed by atoms with Gasteiger partial charge in [0.1, 0.15) is 5.52 Å². The van der Waals surface area contributed by atoms with Crippen molar-refractivity contribution in [2.45, 2.75) is 6.42 Å². The third-order valence-corrected chi connectivity index (χ3v) is 3.92. The molecule has 0 spiro atoms. The molecule has 108 valence electrons. The molecular formula is C15H13BrN2O3. The molecule has 0 radical (unpaired) electrons. The van der Waals surface area contributed by atoms with Crippen molar-refractivity contribution >= 4 is 38.5 Å². The van der Waals surface area contributed by atoms with Crippen molar-refractivity contribution in [1.29, 1.82) is 0 Å². The van der Waals surface area contributed by atoms with E-state index >= 15 is 0 Å². The lowest BCUT2D eigenvalue weighted by Gasteiger charge is -2.13. The number of aromatic nitrogens is 2. The molecule has 0 fully saturated rings. The van der Waals surface area contributed by atoms with Gasteiger partial charge in [-0.05, 0) is 40.1 Å². The fourth-order valence-corrected chi connectivity index (χ4v) is 2.76. The summed E-state index contributed by atoms with van der Waals surface area (Å²) in [5.74, 6) is -0.393. The van der Waals surface area contributed by atoms with Crippen LogP contribution in [-0.4, -0.2) is 36.3 Å². The molecule has 1 aliphatic rings. The first-order chi connectivity index (χ1) is 10.2. The molecule has 2 aromatic rings. The summed E-state index contributed by atoms with van der Waals surface area (Å²) in [6, 6.07) is 3.38. The predicted octanol–water partition coefficient (Wildman–Crippen LogP) is 2.98. The number of carbonyl (C=O) groups is 1. The summed E-state index contributed by atoms with van der Waals surface area (Å²) < 4.78 is 10.8. The molecule has 0 atom stereocenters. The van der Waals surface area contributed by atoms with Crippen LogP contribution in [0.4, 0.5) is 0 Å². The highest BCUT2D eigenvalue weighted by Gasteiger charge is 2.14.